The molecule has 0 aromatic heterocycles. The maximum atomic E-state index is 11.2. The van der Waals surface area contributed by atoms with Crippen LogP contribution in [0.1, 0.15) is 13.8 Å². The zero-order valence-electron chi connectivity index (χ0n) is 8.29. The van der Waals surface area contributed by atoms with Gasteiger partial charge in [0.25, 0.3) is 0 Å². The molecule has 4 nitrogen and oxygen atoms in total. The van der Waals surface area contributed by atoms with Gasteiger partial charge in [-0.05, 0) is 0 Å². The third-order valence-corrected chi connectivity index (χ3v) is 2.24. The highest BCUT2D eigenvalue weighted by molar-refractivity contribution is 5.78. The average molecular weight is 186 g/mol. The molecule has 0 bridgehead atoms. The fraction of sp³-hybridized carbons (Fsp3) is 0.889. The number of β-amino-alcohol motifs (C(OH)–C–C–N with tert-alkyl or cyclic N) is 1. The number of nitrogens with zero attached hydrogens (tertiary/aromatic N) is 1. The van der Waals surface area contributed by atoms with E-state index in [0.29, 0.717) is 12.6 Å². The van der Waals surface area contributed by atoms with Crippen molar-refractivity contribution in [3.8, 4) is 0 Å². The highest BCUT2D eigenvalue weighted by Gasteiger charge is 2.27. The van der Waals surface area contributed by atoms with Gasteiger partial charge in [-0.3, -0.25) is 9.69 Å². The maximum Gasteiger partial charge on any atom is 0.222 e. The largest absolute Gasteiger partial charge is 0.395 e. The zero-order valence-corrected chi connectivity index (χ0v) is 8.29. The van der Waals surface area contributed by atoms with Crippen molar-refractivity contribution in [3.05, 3.63) is 0 Å². The lowest BCUT2D eigenvalue weighted by molar-refractivity contribution is -0.125. The number of carbonyl (C=O) groups is 1. The van der Waals surface area contributed by atoms with Gasteiger partial charge < -0.3 is 10.4 Å². The standard InChI is InChI=1S/C9H18N2O2/c1-7(2)9(13)10-8-5-11(6-8)3-4-12/h7-8,12H,3-6H2,1-2H3,(H,10,13). The molecule has 0 aliphatic carbocycles. The minimum atomic E-state index is 0.0619. The van der Waals surface area contributed by atoms with E-state index < -0.39 is 0 Å². The van der Waals surface area contributed by atoms with Gasteiger partial charge in [-0.25, -0.2) is 0 Å². The number of amides is 1. The van der Waals surface area contributed by atoms with Crippen LogP contribution in [0.4, 0.5) is 0 Å². The molecule has 2 N–H and O–H groups in total. The summed E-state index contributed by atoms with van der Waals surface area (Å²) in [6.07, 6.45) is 0. The van der Waals surface area contributed by atoms with Crippen LogP contribution < -0.4 is 5.32 Å². The summed E-state index contributed by atoms with van der Waals surface area (Å²) in [5.41, 5.74) is 0. The number of hydrogen-bond donors (Lipinski definition) is 2. The molecular formula is C9H18N2O2. The van der Waals surface area contributed by atoms with Gasteiger partial charge in [-0.2, -0.15) is 0 Å². The zero-order chi connectivity index (χ0) is 9.84. The van der Waals surface area contributed by atoms with Gasteiger partial charge in [-0.15, -0.1) is 0 Å². The maximum absolute atomic E-state index is 11.2. The lowest BCUT2D eigenvalue weighted by atomic mass is 10.1. The van der Waals surface area contributed by atoms with Crippen LogP contribution in [0.25, 0.3) is 0 Å². The second kappa shape index (κ2) is 4.58. The van der Waals surface area contributed by atoms with Crippen molar-refractivity contribution in [2.45, 2.75) is 19.9 Å². The van der Waals surface area contributed by atoms with Crippen molar-refractivity contribution in [1.29, 1.82) is 0 Å². The van der Waals surface area contributed by atoms with Crippen LogP contribution >= 0.6 is 0 Å². The van der Waals surface area contributed by atoms with Gasteiger partial charge in [0.15, 0.2) is 0 Å². The first-order valence-corrected chi connectivity index (χ1v) is 4.77. The van der Waals surface area contributed by atoms with E-state index in [-0.39, 0.29) is 18.4 Å². The van der Waals surface area contributed by atoms with Crippen LogP contribution in [0, 0.1) is 5.92 Å². The van der Waals surface area contributed by atoms with E-state index in [2.05, 4.69) is 10.2 Å². The molecule has 1 fully saturated rings. The number of aliphatic hydroxyl groups excluding tert-OH is 1. The van der Waals surface area contributed by atoms with E-state index in [1.807, 2.05) is 13.8 Å². The number of carbonyl (C=O) groups excluding carboxylic acids is 1. The third-order valence-electron chi connectivity index (χ3n) is 2.24. The van der Waals surface area contributed by atoms with Crippen molar-refractivity contribution in [2.24, 2.45) is 5.92 Å². The highest BCUT2D eigenvalue weighted by atomic mass is 16.3. The molecule has 0 radical (unpaired) electrons. The predicted octanol–water partition coefficient (Wildman–Crippen LogP) is -0.565. The fourth-order valence-corrected chi connectivity index (χ4v) is 1.35. The van der Waals surface area contributed by atoms with E-state index >= 15 is 0 Å². The molecule has 1 heterocycles. The van der Waals surface area contributed by atoms with Crippen molar-refractivity contribution < 1.29 is 9.90 Å². The molecule has 13 heavy (non-hydrogen) atoms. The van der Waals surface area contributed by atoms with Gasteiger partial charge in [0, 0.05) is 25.6 Å². The Kier molecular flexibility index (Phi) is 3.69. The van der Waals surface area contributed by atoms with Crippen molar-refractivity contribution in [3.63, 3.8) is 0 Å². The molecule has 1 saturated heterocycles. The Balaban J connectivity index is 2.11. The normalized spacial score (nSPS) is 18.8. The van der Waals surface area contributed by atoms with Crippen molar-refractivity contribution >= 4 is 5.91 Å². The van der Waals surface area contributed by atoms with Crippen LogP contribution in [-0.4, -0.2) is 48.2 Å². The van der Waals surface area contributed by atoms with E-state index in [1.54, 1.807) is 0 Å². The third kappa shape index (κ3) is 2.97. The van der Waals surface area contributed by atoms with E-state index in [0.717, 1.165) is 13.1 Å². The van der Waals surface area contributed by atoms with Crippen LogP contribution in [0.3, 0.4) is 0 Å². The number of nitrogens with one attached hydrogen (secondary N) is 1. The summed E-state index contributed by atoms with van der Waals surface area (Å²) in [5, 5.41) is 11.6. The minimum Gasteiger partial charge on any atom is -0.395 e. The van der Waals surface area contributed by atoms with Gasteiger partial charge >= 0.3 is 0 Å². The Morgan fingerprint density at radius 1 is 1.62 bits per heavy atom. The van der Waals surface area contributed by atoms with E-state index in [9.17, 15) is 4.79 Å². The molecule has 0 aromatic carbocycles. The number of likely N-dealkylation sites (tertiary alicyclic amines) is 1. The Morgan fingerprint density at radius 2 is 2.23 bits per heavy atom. The molecule has 1 aliphatic rings. The Labute approximate surface area is 78.9 Å². The summed E-state index contributed by atoms with van der Waals surface area (Å²) >= 11 is 0. The number of hydrogen-bond acceptors (Lipinski definition) is 3. The highest BCUT2D eigenvalue weighted by Crippen LogP contribution is 2.07. The quantitative estimate of drug-likeness (QED) is 0.618. The average Bonchev–Trinajstić information content (AvgIpc) is 2.00. The van der Waals surface area contributed by atoms with Crippen LogP contribution in [-0.2, 0) is 4.79 Å². The second-order valence-electron chi connectivity index (χ2n) is 3.84. The summed E-state index contributed by atoms with van der Waals surface area (Å²) in [6, 6.07) is 0.293. The van der Waals surface area contributed by atoms with E-state index in [4.69, 9.17) is 5.11 Å². The van der Waals surface area contributed by atoms with Crippen molar-refractivity contribution in [1.82, 2.24) is 10.2 Å². The first-order chi connectivity index (χ1) is 6.13. The fourth-order valence-electron chi connectivity index (χ4n) is 1.35. The first kappa shape index (κ1) is 10.5. The molecule has 0 aromatic rings. The summed E-state index contributed by atoms with van der Waals surface area (Å²) in [6.45, 7) is 6.44. The summed E-state index contributed by atoms with van der Waals surface area (Å²) in [4.78, 5) is 13.3. The number of rotatable bonds is 4. The SMILES string of the molecule is CC(C)C(=O)NC1CN(CCO)C1. The van der Waals surface area contributed by atoms with Crippen LogP contribution in [0.2, 0.25) is 0 Å². The molecule has 0 saturated carbocycles. The summed E-state index contributed by atoms with van der Waals surface area (Å²) in [7, 11) is 0. The molecule has 0 unspecified atom stereocenters. The monoisotopic (exact) mass is 186 g/mol. The smallest absolute Gasteiger partial charge is 0.222 e. The predicted molar refractivity (Wildman–Crippen MR) is 50.3 cm³/mol. The Morgan fingerprint density at radius 3 is 2.69 bits per heavy atom. The topological polar surface area (TPSA) is 52.6 Å². The van der Waals surface area contributed by atoms with E-state index in [1.165, 1.54) is 0 Å². The Bertz CT molecular complexity index is 176. The number of aliphatic hydroxyl groups is 1. The molecule has 1 rings (SSSR count). The van der Waals surface area contributed by atoms with Crippen LogP contribution in [0.15, 0.2) is 0 Å². The van der Waals surface area contributed by atoms with Crippen LogP contribution in [0.5, 0.6) is 0 Å². The van der Waals surface area contributed by atoms with Gasteiger partial charge in [-0.1, -0.05) is 13.8 Å². The first-order valence-electron chi connectivity index (χ1n) is 4.77. The van der Waals surface area contributed by atoms with Crippen molar-refractivity contribution in [2.75, 3.05) is 26.2 Å². The second-order valence-corrected chi connectivity index (χ2v) is 3.84. The Hall–Kier alpha value is -0.610. The molecule has 1 amide bonds. The molecular weight excluding hydrogens is 168 g/mol. The van der Waals surface area contributed by atoms with Gasteiger partial charge in [0.1, 0.15) is 0 Å². The molecule has 76 valence electrons. The lowest BCUT2D eigenvalue weighted by Crippen LogP contribution is -2.60. The molecule has 4 heteroatoms. The summed E-state index contributed by atoms with van der Waals surface area (Å²) in [5.74, 6) is 0.181. The summed E-state index contributed by atoms with van der Waals surface area (Å²) < 4.78 is 0. The molecule has 0 atom stereocenters. The molecule has 0 spiro atoms. The van der Waals surface area contributed by atoms with Gasteiger partial charge in [0.05, 0.1) is 12.6 Å². The van der Waals surface area contributed by atoms with Gasteiger partial charge in [0.2, 0.25) is 5.91 Å². The molecule has 1 aliphatic heterocycles. The lowest BCUT2D eigenvalue weighted by Gasteiger charge is -2.39. The minimum absolute atomic E-state index is 0.0619.